The number of rotatable bonds is 13. The van der Waals surface area contributed by atoms with Crippen molar-refractivity contribution in [2.75, 3.05) is 62.4 Å². The maximum atomic E-state index is 12.4. The molecule has 8 nitrogen and oxygen atoms in total. The number of aryl methyl sites for hydroxylation is 1. The summed E-state index contributed by atoms with van der Waals surface area (Å²) in [5.41, 5.74) is 2.70. The second kappa shape index (κ2) is 15.3. The van der Waals surface area contributed by atoms with Gasteiger partial charge in [-0.05, 0) is 61.0 Å². The van der Waals surface area contributed by atoms with Crippen LogP contribution < -0.4 is 19.9 Å². The number of halogens is 3. The molecule has 1 saturated heterocycles. The van der Waals surface area contributed by atoms with Gasteiger partial charge < -0.3 is 19.7 Å². The minimum Gasteiger partial charge on any atom is -0.494 e. The zero-order valence-electron chi connectivity index (χ0n) is 24.6. The zero-order valence-corrected chi connectivity index (χ0v) is 25.4. The van der Waals surface area contributed by atoms with Gasteiger partial charge in [0.25, 0.3) is 0 Å². The summed E-state index contributed by atoms with van der Waals surface area (Å²) in [6.07, 6.45) is -4.09. The van der Waals surface area contributed by atoms with Crippen molar-refractivity contribution >= 4 is 44.8 Å². The number of anilines is 2. The van der Waals surface area contributed by atoms with Crippen LogP contribution in [0.15, 0.2) is 47.8 Å². The molecular formula is C31H39F3N4O4S. The van der Waals surface area contributed by atoms with Gasteiger partial charge in [-0.15, -0.1) is 11.3 Å². The standard InChI is InChI=1S/C31H39F3N4O4S/c1-3-24-9-10-25(21-28(24)38(23(2)39)22-42-30(40)35-13-12-31(32,33)34)41-19-5-4-14-36-15-17-37(18-16-36)27-7-6-8-29-26(27)11-20-43-29/h6-11,20-21H,3-5,12-19,22H2,1-2H3,(H,35,40). The van der Waals surface area contributed by atoms with Crippen LogP contribution in [0.4, 0.5) is 29.3 Å². The summed E-state index contributed by atoms with van der Waals surface area (Å²) in [6.45, 7) is 7.80. The van der Waals surface area contributed by atoms with E-state index in [-0.39, 0.29) is 5.91 Å². The van der Waals surface area contributed by atoms with E-state index in [1.165, 1.54) is 27.6 Å². The zero-order chi connectivity index (χ0) is 30.8. The lowest BCUT2D eigenvalue weighted by molar-refractivity contribution is -0.133. The van der Waals surface area contributed by atoms with Crippen LogP contribution in [-0.2, 0) is 16.0 Å². The van der Waals surface area contributed by atoms with Crippen LogP contribution in [0.2, 0.25) is 0 Å². The molecule has 1 aliphatic heterocycles. The molecule has 4 rings (SSSR count). The molecule has 1 fully saturated rings. The molecule has 0 unspecified atom stereocenters. The molecule has 0 saturated carbocycles. The van der Waals surface area contributed by atoms with Gasteiger partial charge >= 0.3 is 12.3 Å². The van der Waals surface area contributed by atoms with Crippen molar-refractivity contribution in [1.82, 2.24) is 10.2 Å². The number of hydrogen-bond donors (Lipinski definition) is 1. The summed E-state index contributed by atoms with van der Waals surface area (Å²) in [4.78, 5) is 30.5. The topological polar surface area (TPSA) is 74.3 Å². The average molecular weight is 621 g/mol. The van der Waals surface area contributed by atoms with Crippen molar-refractivity contribution in [3.05, 3.63) is 53.4 Å². The van der Waals surface area contributed by atoms with Crippen molar-refractivity contribution in [3.8, 4) is 5.75 Å². The third-order valence-electron chi connectivity index (χ3n) is 7.43. The fourth-order valence-corrected chi connectivity index (χ4v) is 5.90. The van der Waals surface area contributed by atoms with E-state index in [0.29, 0.717) is 24.5 Å². The molecule has 2 aromatic carbocycles. The van der Waals surface area contributed by atoms with Gasteiger partial charge in [-0.1, -0.05) is 19.1 Å². The van der Waals surface area contributed by atoms with Gasteiger partial charge in [-0.2, -0.15) is 13.2 Å². The third kappa shape index (κ3) is 9.49. The fraction of sp³-hybridized carbons (Fsp3) is 0.484. The first kappa shape index (κ1) is 32.4. The molecule has 2 amide bonds. The molecule has 1 N–H and O–H groups in total. The molecule has 0 bridgehead atoms. The lowest BCUT2D eigenvalue weighted by Gasteiger charge is -2.36. The highest BCUT2D eigenvalue weighted by Gasteiger charge is 2.27. The van der Waals surface area contributed by atoms with E-state index in [1.807, 2.05) is 19.1 Å². The van der Waals surface area contributed by atoms with Crippen LogP contribution in [0.5, 0.6) is 5.75 Å². The Morgan fingerprint density at radius 2 is 1.86 bits per heavy atom. The van der Waals surface area contributed by atoms with Gasteiger partial charge in [0.2, 0.25) is 5.91 Å². The van der Waals surface area contributed by atoms with E-state index in [2.05, 4.69) is 44.8 Å². The molecule has 12 heteroatoms. The summed E-state index contributed by atoms with van der Waals surface area (Å²) in [7, 11) is 0. The summed E-state index contributed by atoms with van der Waals surface area (Å²) >= 11 is 1.78. The second-order valence-corrected chi connectivity index (χ2v) is 11.4. The van der Waals surface area contributed by atoms with E-state index in [9.17, 15) is 22.8 Å². The van der Waals surface area contributed by atoms with Gasteiger partial charge in [-0.3, -0.25) is 14.6 Å². The molecule has 2 heterocycles. The minimum atomic E-state index is -4.38. The van der Waals surface area contributed by atoms with Crippen molar-refractivity contribution < 1.29 is 32.2 Å². The molecule has 1 aliphatic rings. The van der Waals surface area contributed by atoms with Gasteiger partial charge in [0.15, 0.2) is 6.73 Å². The monoisotopic (exact) mass is 620 g/mol. The highest BCUT2D eigenvalue weighted by Crippen LogP contribution is 2.31. The van der Waals surface area contributed by atoms with E-state index in [4.69, 9.17) is 9.47 Å². The number of carbonyl (C=O) groups excluding carboxylic acids is 2. The highest BCUT2D eigenvalue weighted by atomic mass is 32.1. The maximum absolute atomic E-state index is 12.4. The lowest BCUT2D eigenvalue weighted by atomic mass is 10.1. The normalized spacial score (nSPS) is 14.1. The predicted octanol–water partition coefficient (Wildman–Crippen LogP) is 6.43. The summed E-state index contributed by atoms with van der Waals surface area (Å²) in [5, 5.41) is 5.53. The van der Waals surface area contributed by atoms with E-state index in [0.717, 1.165) is 51.1 Å². The molecule has 0 spiro atoms. The number of piperazine rings is 1. The Morgan fingerprint density at radius 3 is 2.58 bits per heavy atom. The summed E-state index contributed by atoms with van der Waals surface area (Å²) in [5.74, 6) is 0.214. The number of nitrogens with zero attached hydrogens (tertiary/aromatic N) is 3. The smallest absolute Gasteiger partial charge is 0.408 e. The average Bonchev–Trinajstić information content (AvgIpc) is 3.46. The number of benzene rings is 2. The maximum Gasteiger partial charge on any atom is 0.408 e. The molecule has 1 aromatic heterocycles. The van der Waals surface area contributed by atoms with Gasteiger partial charge in [-0.25, -0.2) is 4.79 Å². The second-order valence-electron chi connectivity index (χ2n) is 10.4. The van der Waals surface area contributed by atoms with Crippen LogP contribution in [0.1, 0.15) is 38.7 Å². The quantitative estimate of drug-likeness (QED) is 0.175. The van der Waals surface area contributed by atoms with Crippen LogP contribution in [0, 0.1) is 0 Å². The molecular weight excluding hydrogens is 581 g/mol. The first-order valence-electron chi connectivity index (χ1n) is 14.6. The molecule has 3 aromatic rings. The number of ether oxygens (including phenoxy) is 2. The molecule has 0 aliphatic carbocycles. The fourth-order valence-electron chi connectivity index (χ4n) is 5.09. The Bertz CT molecular complexity index is 1360. The number of fused-ring (bicyclic) bond motifs is 1. The lowest BCUT2D eigenvalue weighted by Crippen LogP contribution is -2.46. The third-order valence-corrected chi connectivity index (χ3v) is 8.32. The van der Waals surface area contributed by atoms with Crippen molar-refractivity contribution in [2.45, 2.75) is 45.7 Å². The first-order chi connectivity index (χ1) is 20.6. The van der Waals surface area contributed by atoms with Crippen molar-refractivity contribution in [3.63, 3.8) is 0 Å². The van der Waals surface area contributed by atoms with Crippen molar-refractivity contribution in [1.29, 1.82) is 0 Å². The number of amides is 2. The number of unbranched alkanes of at least 4 members (excludes halogenated alkanes) is 1. The molecule has 234 valence electrons. The number of alkyl halides is 3. The SMILES string of the molecule is CCc1ccc(OCCCCN2CCN(c3cccc4sccc34)CC2)cc1N(COC(=O)NCCC(F)(F)F)C(C)=O. The minimum absolute atomic E-state index is 0.373. The Balaban J connectivity index is 1.21. The van der Waals surface area contributed by atoms with E-state index in [1.54, 1.807) is 17.4 Å². The largest absolute Gasteiger partial charge is 0.494 e. The van der Waals surface area contributed by atoms with Crippen molar-refractivity contribution in [2.24, 2.45) is 0 Å². The molecule has 0 atom stereocenters. The molecule has 43 heavy (non-hydrogen) atoms. The summed E-state index contributed by atoms with van der Waals surface area (Å²) in [6, 6.07) is 14.2. The molecule has 0 radical (unpaired) electrons. The van der Waals surface area contributed by atoms with Gasteiger partial charge in [0, 0.05) is 61.5 Å². The van der Waals surface area contributed by atoms with E-state index >= 15 is 0 Å². The number of carbonyl (C=O) groups is 2. The van der Waals surface area contributed by atoms with Crippen LogP contribution in [0.3, 0.4) is 0 Å². The van der Waals surface area contributed by atoms with E-state index < -0.39 is 32.0 Å². The Morgan fingerprint density at radius 1 is 1.07 bits per heavy atom. The van der Waals surface area contributed by atoms with Gasteiger partial charge in [0.1, 0.15) is 5.75 Å². The van der Waals surface area contributed by atoms with Crippen LogP contribution in [-0.4, -0.2) is 75.7 Å². The van der Waals surface area contributed by atoms with Crippen LogP contribution in [0.25, 0.3) is 10.1 Å². The number of hydrogen-bond acceptors (Lipinski definition) is 7. The van der Waals surface area contributed by atoms with Crippen LogP contribution >= 0.6 is 11.3 Å². The first-order valence-corrected chi connectivity index (χ1v) is 15.5. The summed E-state index contributed by atoms with van der Waals surface area (Å²) < 4.78 is 49.3. The Kier molecular flexibility index (Phi) is 11.5. The number of alkyl carbamates (subject to hydrolysis) is 1. The predicted molar refractivity (Wildman–Crippen MR) is 164 cm³/mol. The Hall–Kier alpha value is -3.51. The highest BCUT2D eigenvalue weighted by molar-refractivity contribution is 7.17. The Labute approximate surface area is 254 Å². The van der Waals surface area contributed by atoms with Gasteiger partial charge in [0.05, 0.1) is 18.7 Å². The number of nitrogens with one attached hydrogen (secondary N) is 1. The number of thiophene rings is 1.